The predicted octanol–water partition coefficient (Wildman–Crippen LogP) is -0.960. The maximum absolute atomic E-state index is 13.2. The molecule has 0 aliphatic carbocycles. The van der Waals surface area contributed by atoms with E-state index in [1.54, 1.807) is 0 Å². The Labute approximate surface area is 341 Å². The lowest BCUT2D eigenvalue weighted by molar-refractivity contribution is -0.125. The summed E-state index contributed by atoms with van der Waals surface area (Å²) < 4.78 is 0. The van der Waals surface area contributed by atoms with Crippen LogP contribution in [0.25, 0.3) is 0 Å². The Bertz CT molecular complexity index is 865. The number of rotatable bonds is 28. The van der Waals surface area contributed by atoms with Gasteiger partial charge in [0, 0.05) is 105 Å². The fourth-order valence-electron chi connectivity index (χ4n) is 6.82. The van der Waals surface area contributed by atoms with Crippen LogP contribution in [0.3, 0.4) is 0 Å². The molecule has 0 saturated carbocycles. The molecule has 0 aromatic heterocycles. The SMILES string of the molecule is CCN(CC)CCNC(=O)CN1CCN(CC(=O)NCCN(CC)CC)CCN(CC(=O)NCCN(CC)CC)CCN(CC(=O)NCCN(CC)CC)CC1. The molecular weight excluding hydrogens is 713 g/mol. The molecule has 1 saturated heterocycles. The lowest BCUT2D eigenvalue weighted by atomic mass is 10.3. The van der Waals surface area contributed by atoms with Gasteiger partial charge in [-0.15, -0.1) is 0 Å². The van der Waals surface area contributed by atoms with Gasteiger partial charge in [-0.25, -0.2) is 0 Å². The molecule has 1 aliphatic rings. The lowest BCUT2D eigenvalue weighted by Gasteiger charge is -2.33. The van der Waals surface area contributed by atoms with Gasteiger partial charge in [-0.1, -0.05) is 55.4 Å². The van der Waals surface area contributed by atoms with E-state index in [0.717, 1.165) is 78.5 Å². The quantitative estimate of drug-likeness (QED) is 0.0776. The van der Waals surface area contributed by atoms with E-state index in [-0.39, 0.29) is 49.8 Å². The molecule has 4 amide bonds. The monoisotopic (exact) mass is 797 g/mol. The summed E-state index contributed by atoms with van der Waals surface area (Å²) in [5.74, 6) is -0.0970. The third-order valence-corrected chi connectivity index (χ3v) is 11.0. The predicted molar refractivity (Wildman–Crippen MR) is 229 cm³/mol. The van der Waals surface area contributed by atoms with Gasteiger partial charge >= 0.3 is 0 Å². The zero-order valence-corrected chi connectivity index (χ0v) is 37.0. The van der Waals surface area contributed by atoms with E-state index >= 15 is 0 Å². The van der Waals surface area contributed by atoms with Crippen molar-refractivity contribution in [3.05, 3.63) is 0 Å². The maximum Gasteiger partial charge on any atom is 0.234 e. The fourth-order valence-corrected chi connectivity index (χ4v) is 6.82. The van der Waals surface area contributed by atoms with Crippen molar-refractivity contribution < 1.29 is 19.2 Å². The Balaban J connectivity index is 3.17. The lowest BCUT2D eigenvalue weighted by Crippen LogP contribution is -2.52. The van der Waals surface area contributed by atoms with Crippen LogP contribution in [0.5, 0.6) is 0 Å². The van der Waals surface area contributed by atoms with Crippen LogP contribution in [0, 0.1) is 0 Å². The fraction of sp³-hybridized carbons (Fsp3) is 0.900. The minimum Gasteiger partial charge on any atom is -0.354 e. The van der Waals surface area contributed by atoms with Crippen molar-refractivity contribution in [2.24, 2.45) is 0 Å². The largest absolute Gasteiger partial charge is 0.354 e. The van der Waals surface area contributed by atoms with Crippen LogP contribution < -0.4 is 21.3 Å². The van der Waals surface area contributed by atoms with Crippen molar-refractivity contribution in [3.63, 3.8) is 0 Å². The summed E-state index contributed by atoms with van der Waals surface area (Å²) in [5.41, 5.74) is 0. The van der Waals surface area contributed by atoms with Crippen LogP contribution in [0.4, 0.5) is 0 Å². The Morgan fingerprint density at radius 3 is 0.643 bits per heavy atom. The first-order valence-corrected chi connectivity index (χ1v) is 21.9. The zero-order valence-electron chi connectivity index (χ0n) is 37.0. The molecular formula is C40H84N12O4. The number of carbonyl (C=O) groups excluding carboxylic acids is 4. The topological polar surface area (TPSA) is 142 Å². The standard InChI is InChI=1S/C40H84N12O4/c1-9-45(10-2)21-17-41-37(53)33-49-25-27-50(34-38(54)42-18-22-46(11-3)12-4)29-31-52(36-40(56)44-20-24-48(15-7)16-8)32-30-51(28-26-49)35-39(55)43-19-23-47(13-5)14-6/h9-36H2,1-8H3,(H,41,53)(H,42,54)(H,43,55)(H,44,56). The first-order chi connectivity index (χ1) is 27.0. The minimum atomic E-state index is -0.0242. The van der Waals surface area contributed by atoms with Crippen LogP contribution in [-0.2, 0) is 19.2 Å². The van der Waals surface area contributed by atoms with Gasteiger partial charge in [0.2, 0.25) is 23.6 Å². The van der Waals surface area contributed by atoms with Crippen molar-refractivity contribution in [2.45, 2.75) is 55.4 Å². The highest BCUT2D eigenvalue weighted by atomic mass is 16.2. The van der Waals surface area contributed by atoms with Crippen LogP contribution >= 0.6 is 0 Å². The number of nitrogens with zero attached hydrogens (tertiary/aromatic N) is 8. The summed E-state index contributed by atoms with van der Waals surface area (Å²) in [6.45, 7) is 35.8. The number of carbonyl (C=O) groups is 4. The molecule has 0 atom stereocenters. The van der Waals surface area contributed by atoms with Crippen molar-refractivity contribution in [1.82, 2.24) is 60.5 Å². The molecule has 0 unspecified atom stereocenters. The summed E-state index contributed by atoms with van der Waals surface area (Å²) in [7, 11) is 0. The second kappa shape index (κ2) is 32.5. The smallest absolute Gasteiger partial charge is 0.234 e. The molecule has 0 spiro atoms. The van der Waals surface area contributed by atoms with E-state index in [1.165, 1.54) is 0 Å². The molecule has 16 nitrogen and oxygen atoms in total. The van der Waals surface area contributed by atoms with Gasteiger partial charge in [0.05, 0.1) is 26.2 Å². The van der Waals surface area contributed by atoms with Crippen LogP contribution in [0.15, 0.2) is 0 Å². The van der Waals surface area contributed by atoms with Crippen LogP contribution in [-0.4, -0.2) is 246 Å². The summed E-state index contributed by atoms with van der Waals surface area (Å²) in [6.07, 6.45) is 0. The third-order valence-electron chi connectivity index (χ3n) is 11.0. The average molecular weight is 797 g/mol. The molecule has 1 rings (SSSR count). The van der Waals surface area contributed by atoms with Gasteiger partial charge < -0.3 is 40.9 Å². The number of amides is 4. The summed E-state index contributed by atoms with van der Waals surface area (Å²) >= 11 is 0. The molecule has 0 aromatic rings. The summed E-state index contributed by atoms with van der Waals surface area (Å²) in [5, 5.41) is 12.4. The first-order valence-electron chi connectivity index (χ1n) is 21.9. The Morgan fingerprint density at radius 1 is 0.339 bits per heavy atom. The number of likely N-dealkylation sites (N-methyl/N-ethyl adjacent to an activating group) is 4. The molecule has 0 bridgehead atoms. The van der Waals surface area contributed by atoms with E-state index in [2.05, 4.69) is 116 Å². The summed E-state index contributed by atoms with van der Waals surface area (Å²) in [6, 6.07) is 0. The highest BCUT2D eigenvalue weighted by Crippen LogP contribution is 2.02. The van der Waals surface area contributed by atoms with Gasteiger partial charge in [0.15, 0.2) is 0 Å². The van der Waals surface area contributed by atoms with E-state index < -0.39 is 0 Å². The van der Waals surface area contributed by atoms with Gasteiger partial charge in [0.25, 0.3) is 0 Å². The van der Waals surface area contributed by atoms with Gasteiger partial charge in [-0.2, -0.15) is 0 Å². The minimum absolute atomic E-state index is 0.0242. The Hall–Kier alpha value is -2.44. The van der Waals surface area contributed by atoms with Gasteiger partial charge in [0.1, 0.15) is 0 Å². The molecule has 4 N–H and O–H groups in total. The molecule has 1 heterocycles. The highest BCUT2D eigenvalue weighted by molar-refractivity contribution is 5.79. The zero-order chi connectivity index (χ0) is 41.6. The van der Waals surface area contributed by atoms with E-state index in [4.69, 9.17) is 0 Å². The normalized spacial score (nSPS) is 15.9. The number of nitrogens with one attached hydrogen (secondary N) is 4. The molecule has 1 aliphatic heterocycles. The molecule has 16 heteroatoms. The molecule has 1 fully saturated rings. The van der Waals surface area contributed by atoms with E-state index in [1.807, 2.05) is 0 Å². The van der Waals surface area contributed by atoms with Crippen LogP contribution in [0.1, 0.15) is 55.4 Å². The molecule has 0 aromatic carbocycles. The van der Waals surface area contributed by atoms with Crippen molar-refractivity contribution in [1.29, 1.82) is 0 Å². The third kappa shape index (κ3) is 24.4. The van der Waals surface area contributed by atoms with Crippen molar-refractivity contribution in [3.8, 4) is 0 Å². The van der Waals surface area contributed by atoms with Gasteiger partial charge in [-0.05, 0) is 52.4 Å². The number of hydrogen-bond donors (Lipinski definition) is 4. The second-order valence-electron chi connectivity index (χ2n) is 14.6. The molecule has 56 heavy (non-hydrogen) atoms. The van der Waals surface area contributed by atoms with Crippen molar-refractivity contribution >= 4 is 23.6 Å². The molecule has 0 radical (unpaired) electrons. The maximum atomic E-state index is 13.2. The highest BCUT2D eigenvalue weighted by Gasteiger charge is 2.22. The first kappa shape index (κ1) is 51.6. The second-order valence-corrected chi connectivity index (χ2v) is 14.6. The van der Waals surface area contributed by atoms with E-state index in [0.29, 0.717) is 78.5 Å². The van der Waals surface area contributed by atoms with Crippen molar-refractivity contribution in [2.75, 3.05) is 183 Å². The Morgan fingerprint density at radius 2 is 0.500 bits per heavy atom. The summed E-state index contributed by atoms with van der Waals surface area (Å²) in [4.78, 5) is 70.6. The van der Waals surface area contributed by atoms with E-state index in [9.17, 15) is 19.2 Å². The molecule has 328 valence electrons. The number of hydrogen-bond acceptors (Lipinski definition) is 12. The average Bonchev–Trinajstić information content (AvgIpc) is 3.19. The van der Waals surface area contributed by atoms with Gasteiger partial charge in [-0.3, -0.25) is 38.8 Å². The Kier molecular flexibility index (Phi) is 29.9. The van der Waals surface area contributed by atoms with Crippen LogP contribution in [0.2, 0.25) is 0 Å².